The standard InChI is InChI=1S/C19H11Cl2F4N3O2/c1-28-16(19(23,24)25)8-15(29)17(27-28)12-6-11(13(21)7-14(12)22)18(30)26-10-4-2-9(20)3-5-10/h2-8H,1H3,(H,26,30). The minimum absolute atomic E-state index is 0.202. The van der Waals surface area contributed by atoms with Crippen molar-refractivity contribution in [1.29, 1.82) is 0 Å². The van der Waals surface area contributed by atoms with Gasteiger partial charge >= 0.3 is 6.18 Å². The van der Waals surface area contributed by atoms with Crippen LogP contribution in [0.1, 0.15) is 16.1 Å². The fraction of sp³-hybridized carbons (Fsp3) is 0.105. The molecule has 30 heavy (non-hydrogen) atoms. The maximum Gasteiger partial charge on any atom is 0.433 e. The summed E-state index contributed by atoms with van der Waals surface area (Å²) in [6.45, 7) is 0. The Labute approximate surface area is 176 Å². The van der Waals surface area contributed by atoms with Crippen LogP contribution in [0.3, 0.4) is 0 Å². The molecular formula is C19H11Cl2F4N3O2. The minimum atomic E-state index is -4.82. The zero-order valence-corrected chi connectivity index (χ0v) is 16.5. The number of nitrogens with one attached hydrogen (secondary N) is 1. The number of hydrogen-bond donors (Lipinski definition) is 1. The molecule has 0 saturated carbocycles. The zero-order valence-electron chi connectivity index (χ0n) is 15.0. The summed E-state index contributed by atoms with van der Waals surface area (Å²) in [7, 11) is 0.966. The van der Waals surface area contributed by atoms with Crippen LogP contribution in [0, 0.1) is 5.82 Å². The maximum atomic E-state index is 14.5. The van der Waals surface area contributed by atoms with E-state index < -0.39 is 40.3 Å². The second-order valence-electron chi connectivity index (χ2n) is 6.14. The normalized spacial score (nSPS) is 11.4. The molecule has 0 unspecified atom stereocenters. The minimum Gasteiger partial charge on any atom is -0.322 e. The Balaban J connectivity index is 2.05. The van der Waals surface area contributed by atoms with Crippen molar-refractivity contribution in [3.63, 3.8) is 0 Å². The summed E-state index contributed by atoms with van der Waals surface area (Å²) >= 11 is 11.7. The molecule has 0 fully saturated rings. The molecule has 1 N–H and O–H groups in total. The fourth-order valence-electron chi connectivity index (χ4n) is 2.63. The lowest BCUT2D eigenvalue weighted by atomic mass is 10.1. The van der Waals surface area contributed by atoms with Crippen molar-refractivity contribution in [3.05, 3.63) is 79.8 Å². The van der Waals surface area contributed by atoms with Crippen LogP contribution in [0.25, 0.3) is 11.3 Å². The van der Waals surface area contributed by atoms with Crippen LogP contribution in [0.5, 0.6) is 0 Å². The summed E-state index contributed by atoms with van der Waals surface area (Å²) in [4.78, 5) is 24.7. The predicted molar refractivity (Wildman–Crippen MR) is 104 cm³/mol. The number of hydrogen-bond acceptors (Lipinski definition) is 3. The molecule has 0 atom stereocenters. The molecule has 3 rings (SSSR count). The van der Waals surface area contributed by atoms with Gasteiger partial charge in [-0.2, -0.15) is 18.3 Å². The maximum absolute atomic E-state index is 14.5. The van der Waals surface area contributed by atoms with Crippen molar-refractivity contribution in [3.8, 4) is 11.3 Å². The number of anilines is 1. The van der Waals surface area contributed by atoms with Crippen LogP contribution in [-0.4, -0.2) is 15.7 Å². The lowest BCUT2D eigenvalue weighted by Gasteiger charge is -2.13. The van der Waals surface area contributed by atoms with E-state index in [9.17, 15) is 27.2 Å². The average Bonchev–Trinajstić information content (AvgIpc) is 2.64. The van der Waals surface area contributed by atoms with E-state index in [0.717, 1.165) is 19.2 Å². The summed E-state index contributed by atoms with van der Waals surface area (Å²) in [5, 5.41) is 6.26. The quantitative estimate of drug-likeness (QED) is 0.549. The number of rotatable bonds is 3. The molecule has 11 heteroatoms. The molecular weight excluding hydrogens is 449 g/mol. The molecule has 5 nitrogen and oxygen atoms in total. The van der Waals surface area contributed by atoms with Gasteiger partial charge in [-0.25, -0.2) is 4.39 Å². The van der Waals surface area contributed by atoms with Gasteiger partial charge < -0.3 is 5.32 Å². The fourth-order valence-corrected chi connectivity index (χ4v) is 2.99. The Morgan fingerprint density at radius 2 is 1.73 bits per heavy atom. The third-order valence-electron chi connectivity index (χ3n) is 4.05. The van der Waals surface area contributed by atoms with Crippen molar-refractivity contribution >= 4 is 34.8 Å². The van der Waals surface area contributed by atoms with Gasteiger partial charge in [0.1, 0.15) is 17.2 Å². The van der Waals surface area contributed by atoms with Gasteiger partial charge in [0.15, 0.2) is 0 Å². The first-order valence-electron chi connectivity index (χ1n) is 8.19. The van der Waals surface area contributed by atoms with Gasteiger partial charge in [-0.05, 0) is 36.4 Å². The van der Waals surface area contributed by atoms with Gasteiger partial charge in [-0.15, -0.1) is 0 Å². The first-order chi connectivity index (χ1) is 14.0. The second-order valence-corrected chi connectivity index (χ2v) is 6.98. The number of carbonyl (C=O) groups is 1. The van der Waals surface area contributed by atoms with Crippen molar-refractivity contribution in [1.82, 2.24) is 9.78 Å². The summed E-state index contributed by atoms with van der Waals surface area (Å²) in [6, 6.07) is 8.16. The van der Waals surface area contributed by atoms with E-state index in [1.165, 1.54) is 24.3 Å². The van der Waals surface area contributed by atoms with Crippen molar-refractivity contribution in [2.45, 2.75) is 6.18 Å². The molecule has 3 aromatic rings. The number of aromatic nitrogens is 2. The highest BCUT2D eigenvalue weighted by Gasteiger charge is 2.35. The molecule has 0 aliphatic heterocycles. The monoisotopic (exact) mass is 459 g/mol. The lowest BCUT2D eigenvalue weighted by Crippen LogP contribution is -2.23. The van der Waals surface area contributed by atoms with E-state index in [1.54, 1.807) is 0 Å². The Kier molecular flexibility index (Phi) is 5.87. The number of carbonyl (C=O) groups excluding carboxylic acids is 1. The molecule has 1 aromatic heterocycles. The molecule has 0 radical (unpaired) electrons. The Hall–Kier alpha value is -2.91. The molecule has 0 saturated heterocycles. The van der Waals surface area contributed by atoms with Crippen molar-refractivity contribution in [2.24, 2.45) is 7.05 Å². The summed E-state index contributed by atoms with van der Waals surface area (Å²) in [6.07, 6.45) is -4.82. The van der Waals surface area contributed by atoms with Crippen LogP contribution in [0.2, 0.25) is 10.0 Å². The molecule has 156 valence electrons. The smallest absolute Gasteiger partial charge is 0.322 e. The third kappa shape index (κ3) is 4.47. The third-order valence-corrected chi connectivity index (χ3v) is 4.61. The van der Waals surface area contributed by atoms with E-state index in [4.69, 9.17) is 23.2 Å². The predicted octanol–water partition coefficient (Wildman–Crippen LogP) is 5.16. The average molecular weight is 460 g/mol. The summed E-state index contributed by atoms with van der Waals surface area (Å²) in [5.41, 5.74) is -3.35. The molecule has 1 amide bonds. The van der Waals surface area contributed by atoms with E-state index >= 15 is 0 Å². The lowest BCUT2D eigenvalue weighted by molar-refractivity contribution is -0.144. The number of aryl methyl sites for hydroxylation is 1. The number of amides is 1. The van der Waals surface area contributed by atoms with Crippen LogP contribution < -0.4 is 10.7 Å². The molecule has 0 spiro atoms. The molecule has 0 aliphatic rings. The van der Waals surface area contributed by atoms with Gasteiger partial charge in [-0.3, -0.25) is 14.3 Å². The summed E-state index contributed by atoms with van der Waals surface area (Å²) < 4.78 is 53.7. The Bertz CT molecular complexity index is 1190. The summed E-state index contributed by atoms with van der Waals surface area (Å²) in [5.74, 6) is -1.75. The topological polar surface area (TPSA) is 64.0 Å². The van der Waals surface area contributed by atoms with Crippen LogP contribution >= 0.6 is 23.2 Å². The van der Waals surface area contributed by atoms with Crippen LogP contribution in [-0.2, 0) is 13.2 Å². The van der Waals surface area contributed by atoms with Gasteiger partial charge in [0.05, 0.1) is 10.6 Å². The highest BCUT2D eigenvalue weighted by atomic mass is 35.5. The number of halogens is 6. The van der Waals surface area contributed by atoms with E-state index in [2.05, 4.69) is 10.4 Å². The van der Waals surface area contributed by atoms with E-state index in [1.807, 2.05) is 0 Å². The molecule has 2 aromatic carbocycles. The SMILES string of the molecule is Cn1nc(-c2cc(C(=O)Nc3ccc(Cl)cc3)c(Cl)cc2F)c(=O)cc1C(F)(F)F. The van der Waals surface area contributed by atoms with Gasteiger partial charge in [0.2, 0.25) is 5.43 Å². The van der Waals surface area contributed by atoms with E-state index in [0.29, 0.717) is 21.5 Å². The Morgan fingerprint density at radius 3 is 2.33 bits per heavy atom. The second kappa shape index (κ2) is 8.08. The van der Waals surface area contributed by atoms with Crippen molar-refractivity contribution < 1.29 is 22.4 Å². The van der Waals surface area contributed by atoms with Crippen LogP contribution in [0.4, 0.5) is 23.2 Å². The largest absolute Gasteiger partial charge is 0.433 e. The first kappa shape index (κ1) is 21.8. The van der Waals surface area contributed by atoms with Gasteiger partial charge in [-0.1, -0.05) is 23.2 Å². The van der Waals surface area contributed by atoms with Gasteiger partial charge in [0.25, 0.3) is 5.91 Å². The van der Waals surface area contributed by atoms with E-state index in [-0.39, 0.29) is 10.6 Å². The first-order valence-corrected chi connectivity index (χ1v) is 8.95. The Morgan fingerprint density at radius 1 is 1.10 bits per heavy atom. The highest BCUT2D eigenvalue weighted by Crippen LogP contribution is 2.30. The molecule has 1 heterocycles. The highest BCUT2D eigenvalue weighted by molar-refractivity contribution is 6.34. The zero-order chi connectivity index (χ0) is 22.2. The molecule has 0 aliphatic carbocycles. The number of benzene rings is 2. The number of alkyl halides is 3. The van der Waals surface area contributed by atoms with Crippen molar-refractivity contribution in [2.75, 3.05) is 5.32 Å². The number of nitrogens with zero attached hydrogens (tertiary/aromatic N) is 2. The molecule has 0 bridgehead atoms. The van der Waals surface area contributed by atoms with Crippen LogP contribution in [0.15, 0.2) is 47.3 Å². The van der Waals surface area contributed by atoms with Gasteiger partial charge in [0, 0.05) is 29.4 Å².